The predicted molar refractivity (Wildman–Crippen MR) is 77.0 cm³/mol. The Morgan fingerprint density at radius 2 is 2.16 bits per heavy atom. The number of halogens is 1. The summed E-state index contributed by atoms with van der Waals surface area (Å²) in [6, 6.07) is 7.25. The number of aliphatic hydroxyl groups excluding tert-OH is 1. The van der Waals surface area contributed by atoms with Gasteiger partial charge in [0, 0.05) is 18.1 Å². The fourth-order valence-corrected chi connectivity index (χ4v) is 2.24. The van der Waals surface area contributed by atoms with Gasteiger partial charge in [-0.2, -0.15) is 0 Å². The third-order valence-corrected chi connectivity index (χ3v) is 3.30. The number of hydrogen-bond donors (Lipinski definition) is 3. The van der Waals surface area contributed by atoms with Crippen molar-refractivity contribution in [3.05, 3.63) is 34.3 Å². The number of amides is 2. The first-order valence-electron chi connectivity index (χ1n) is 6.00. The van der Waals surface area contributed by atoms with Crippen LogP contribution in [0.25, 0.3) is 0 Å². The Kier molecular flexibility index (Phi) is 6.83. The van der Waals surface area contributed by atoms with Crippen LogP contribution in [0.1, 0.15) is 18.5 Å². The molecule has 0 saturated heterocycles. The molecule has 0 aliphatic carbocycles. The molecule has 1 rings (SSSR count). The maximum Gasteiger partial charge on any atom is 0.315 e. The average Bonchev–Trinajstić information content (AvgIpc) is 2.37. The summed E-state index contributed by atoms with van der Waals surface area (Å²) in [5.41, 5.74) is 0.995. The van der Waals surface area contributed by atoms with Crippen molar-refractivity contribution in [2.24, 2.45) is 0 Å². The molecule has 2 amide bonds. The van der Waals surface area contributed by atoms with E-state index in [1.165, 1.54) is 7.11 Å². The van der Waals surface area contributed by atoms with Gasteiger partial charge in [-0.25, -0.2) is 4.79 Å². The molecule has 2 atom stereocenters. The van der Waals surface area contributed by atoms with Crippen molar-refractivity contribution < 1.29 is 14.6 Å². The van der Waals surface area contributed by atoms with E-state index in [-0.39, 0.29) is 25.2 Å². The topological polar surface area (TPSA) is 70.6 Å². The van der Waals surface area contributed by atoms with Gasteiger partial charge in [0.25, 0.3) is 0 Å². The Morgan fingerprint density at radius 3 is 2.79 bits per heavy atom. The van der Waals surface area contributed by atoms with E-state index in [2.05, 4.69) is 26.6 Å². The number of carbonyl (C=O) groups is 1. The first kappa shape index (κ1) is 15.9. The highest BCUT2D eigenvalue weighted by Gasteiger charge is 2.12. The number of ether oxygens (including phenoxy) is 1. The average molecular weight is 331 g/mol. The highest BCUT2D eigenvalue weighted by Crippen LogP contribution is 2.22. The molecule has 106 valence electrons. The Balaban J connectivity index is 2.42. The summed E-state index contributed by atoms with van der Waals surface area (Å²) in [4.78, 5) is 11.7. The third-order valence-electron chi connectivity index (χ3n) is 2.58. The number of rotatable bonds is 6. The van der Waals surface area contributed by atoms with Gasteiger partial charge in [0.05, 0.1) is 18.8 Å². The Bertz CT molecular complexity index is 415. The summed E-state index contributed by atoms with van der Waals surface area (Å²) in [6.07, 6.45) is -0.700. The molecule has 0 bridgehead atoms. The molecule has 0 spiro atoms. The van der Waals surface area contributed by atoms with E-state index in [0.29, 0.717) is 0 Å². The number of methoxy groups -OCH3 is 1. The lowest BCUT2D eigenvalue weighted by molar-refractivity contribution is 0.0659. The maximum absolute atomic E-state index is 11.7. The molecule has 19 heavy (non-hydrogen) atoms. The number of urea groups is 1. The van der Waals surface area contributed by atoms with Gasteiger partial charge in [-0.15, -0.1) is 0 Å². The van der Waals surface area contributed by atoms with Gasteiger partial charge in [-0.3, -0.25) is 0 Å². The van der Waals surface area contributed by atoms with Gasteiger partial charge in [-0.1, -0.05) is 34.1 Å². The van der Waals surface area contributed by atoms with Crippen LogP contribution in [0.3, 0.4) is 0 Å². The van der Waals surface area contributed by atoms with Gasteiger partial charge in [0.15, 0.2) is 0 Å². The Morgan fingerprint density at radius 1 is 1.47 bits per heavy atom. The van der Waals surface area contributed by atoms with E-state index >= 15 is 0 Å². The monoisotopic (exact) mass is 330 g/mol. The lowest BCUT2D eigenvalue weighted by Gasteiger charge is -2.17. The number of hydrogen-bond acceptors (Lipinski definition) is 3. The first-order valence-corrected chi connectivity index (χ1v) is 6.79. The van der Waals surface area contributed by atoms with Crippen molar-refractivity contribution in [3.8, 4) is 0 Å². The molecule has 0 heterocycles. The zero-order valence-electron chi connectivity index (χ0n) is 11.0. The second-order valence-electron chi connectivity index (χ2n) is 4.21. The Labute approximate surface area is 121 Å². The largest absolute Gasteiger partial charge is 0.389 e. The van der Waals surface area contributed by atoms with Crippen LogP contribution in [0.15, 0.2) is 28.7 Å². The summed E-state index contributed by atoms with van der Waals surface area (Å²) in [5, 5.41) is 14.8. The molecule has 1 aromatic rings. The van der Waals surface area contributed by atoms with Crippen LogP contribution in [0.5, 0.6) is 0 Å². The molecule has 0 aliphatic rings. The van der Waals surface area contributed by atoms with Gasteiger partial charge < -0.3 is 20.5 Å². The van der Waals surface area contributed by atoms with E-state index in [4.69, 9.17) is 4.74 Å². The minimum atomic E-state index is -0.700. The van der Waals surface area contributed by atoms with E-state index in [9.17, 15) is 9.90 Å². The predicted octanol–water partition coefficient (Wildman–Crippen LogP) is 1.82. The zero-order valence-corrected chi connectivity index (χ0v) is 12.6. The molecule has 0 aromatic heterocycles. The van der Waals surface area contributed by atoms with Crippen molar-refractivity contribution in [3.63, 3.8) is 0 Å². The quantitative estimate of drug-likeness (QED) is 0.745. The van der Waals surface area contributed by atoms with E-state index < -0.39 is 6.10 Å². The zero-order chi connectivity index (χ0) is 14.3. The molecule has 1 aromatic carbocycles. The second kappa shape index (κ2) is 8.14. The fraction of sp³-hybridized carbons (Fsp3) is 0.462. The Hall–Kier alpha value is -1.11. The molecule has 2 unspecified atom stereocenters. The number of carbonyl (C=O) groups excluding carboxylic acids is 1. The van der Waals surface area contributed by atoms with Crippen LogP contribution >= 0.6 is 15.9 Å². The van der Waals surface area contributed by atoms with Crippen molar-refractivity contribution in [1.82, 2.24) is 10.6 Å². The summed E-state index contributed by atoms with van der Waals surface area (Å²) in [7, 11) is 1.50. The van der Waals surface area contributed by atoms with Gasteiger partial charge >= 0.3 is 6.03 Å². The molecule has 0 aliphatic heterocycles. The maximum atomic E-state index is 11.7. The molecule has 0 saturated carbocycles. The van der Waals surface area contributed by atoms with E-state index in [0.717, 1.165) is 10.0 Å². The number of benzene rings is 1. The van der Waals surface area contributed by atoms with E-state index in [1.54, 1.807) is 0 Å². The SMILES string of the molecule is COCC(O)CNC(=O)NC(C)c1ccccc1Br. The summed E-state index contributed by atoms with van der Waals surface area (Å²) >= 11 is 3.44. The summed E-state index contributed by atoms with van der Waals surface area (Å²) < 4.78 is 5.72. The van der Waals surface area contributed by atoms with Crippen LogP contribution in [0.2, 0.25) is 0 Å². The van der Waals surface area contributed by atoms with Crippen LogP contribution < -0.4 is 10.6 Å². The van der Waals surface area contributed by atoms with Crippen LogP contribution in [0.4, 0.5) is 4.79 Å². The molecular weight excluding hydrogens is 312 g/mol. The molecule has 6 heteroatoms. The highest BCUT2D eigenvalue weighted by atomic mass is 79.9. The van der Waals surface area contributed by atoms with Crippen molar-refractivity contribution >= 4 is 22.0 Å². The van der Waals surface area contributed by atoms with Crippen LogP contribution in [-0.2, 0) is 4.74 Å². The van der Waals surface area contributed by atoms with Crippen molar-refractivity contribution in [2.45, 2.75) is 19.1 Å². The molecule has 3 N–H and O–H groups in total. The minimum absolute atomic E-state index is 0.129. The molecule has 0 fully saturated rings. The third kappa shape index (κ3) is 5.59. The molecular formula is C13H19BrN2O3. The summed E-state index contributed by atoms with van der Waals surface area (Å²) in [5.74, 6) is 0. The van der Waals surface area contributed by atoms with Gasteiger partial charge in [0.2, 0.25) is 0 Å². The number of aliphatic hydroxyl groups is 1. The normalized spacial score (nSPS) is 13.7. The van der Waals surface area contributed by atoms with Gasteiger partial charge in [-0.05, 0) is 18.6 Å². The molecule has 5 nitrogen and oxygen atoms in total. The van der Waals surface area contributed by atoms with Gasteiger partial charge in [0.1, 0.15) is 0 Å². The number of nitrogens with one attached hydrogen (secondary N) is 2. The van der Waals surface area contributed by atoms with E-state index in [1.807, 2.05) is 31.2 Å². The van der Waals surface area contributed by atoms with Crippen LogP contribution in [-0.4, -0.2) is 37.5 Å². The fourth-order valence-electron chi connectivity index (χ4n) is 1.61. The smallest absolute Gasteiger partial charge is 0.315 e. The highest BCUT2D eigenvalue weighted by molar-refractivity contribution is 9.10. The molecule has 0 radical (unpaired) electrons. The standard InChI is InChI=1S/C13H19BrN2O3/c1-9(11-5-3-4-6-12(11)14)16-13(18)15-7-10(17)8-19-2/h3-6,9-10,17H,7-8H2,1-2H3,(H2,15,16,18). The lowest BCUT2D eigenvalue weighted by Crippen LogP contribution is -2.41. The summed E-state index contributed by atoms with van der Waals surface area (Å²) in [6.45, 7) is 2.24. The minimum Gasteiger partial charge on any atom is -0.389 e. The van der Waals surface area contributed by atoms with Crippen molar-refractivity contribution in [2.75, 3.05) is 20.3 Å². The lowest BCUT2D eigenvalue weighted by atomic mass is 10.1. The first-order chi connectivity index (χ1) is 9.04. The second-order valence-corrected chi connectivity index (χ2v) is 5.06. The van der Waals surface area contributed by atoms with Crippen LogP contribution in [0, 0.1) is 0 Å². The van der Waals surface area contributed by atoms with Crippen molar-refractivity contribution in [1.29, 1.82) is 0 Å².